The summed E-state index contributed by atoms with van der Waals surface area (Å²) in [6.07, 6.45) is 0.861. The van der Waals surface area contributed by atoms with E-state index < -0.39 is 0 Å². The molecule has 78 valence electrons. The molecule has 1 aromatic carbocycles. The van der Waals surface area contributed by atoms with Gasteiger partial charge in [-0.25, -0.2) is 0 Å². The Morgan fingerprint density at radius 1 is 1.13 bits per heavy atom. The summed E-state index contributed by atoms with van der Waals surface area (Å²) in [5.74, 6) is 0. The minimum absolute atomic E-state index is 0.669. The van der Waals surface area contributed by atoms with E-state index in [1.807, 2.05) is 32.0 Å². The van der Waals surface area contributed by atoms with Gasteiger partial charge in [0, 0.05) is 11.1 Å². The second-order valence-electron chi connectivity index (χ2n) is 3.59. The van der Waals surface area contributed by atoms with Crippen LogP contribution < -0.4 is 0 Å². The highest BCUT2D eigenvalue weighted by Crippen LogP contribution is 2.29. The van der Waals surface area contributed by atoms with Crippen molar-refractivity contribution in [1.82, 2.24) is 4.98 Å². The Morgan fingerprint density at radius 2 is 1.87 bits per heavy atom. The van der Waals surface area contributed by atoms with Crippen LogP contribution in [0.15, 0.2) is 18.2 Å². The summed E-state index contributed by atoms with van der Waals surface area (Å²) in [5, 5.41) is 2.32. The molecule has 0 aliphatic carbocycles. The molecule has 0 N–H and O–H groups in total. The summed E-state index contributed by atoms with van der Waals surface area (Å²) in [4.78, 5) is 4.48. The van der Waals surface area contributed by atoms with Crippen LogP contribution in [0.1, 0.15) is 18.2 Å². The number of hydrogen-bond acceptors (Lipinski definition) is 1. The van der Waals surface area contributed by atoms with Crippen LogP contribution >= 0.6 is 23.2 Å². The molecule has 2 aromatic rings. The molecule has 0 bridgehead atoms. The lowest BCUT2D eigenvalue weighted by atomic mass is 10.1. The summed E-state index contributed by atoms with van der Waals surface area (Å²) in [5.41, 5.74) is 2.87. The Labute approximate surface area is 99.0 Å². The van der Waals surface area contributed by atoms with Gasteiger partial charge in [0.1, 0.15) is 0 Å². The summed E-state index contributed by atoms with van der Waals surface area (Å²) in [6, 6.07) is 5.82. The summed E-state index contributed by atoms with van der Waals surface area (Å²) in [6.45, 7) is 4.04. The Kier molecular flexibility index (Phi) is 2.85. The van der Waals surface area contributed by atoms with Crippen molar-refractivity contribution in [3.63, 3.8) is 0 Å². The van der Waals surface area contributed by atoms with E-state index in [1.54, 1.807) is 0 Å². The summed E-state index contributed by atoms with van der Waals surface area (Å²) in [7, 11) is 0. The van der Waals surface area contributed by atoms with Crippen molar-refractivity contribution >= 4 is 34.1 Å². The van der Waals surface area contributed by atoms with E-state index >= 15 is 0 Å². The smallest absolute Gasteiger partial charge is 0.0906 e. The van der Waals surface area contributed by atoms with Gasteiger partial charge in [-0.1, -0.05) is 30.1 Å². The van der Waals surface area contributed by atoms with Crippen LogP contribution in [0, 0.1) is 6.92 Å². The highest BCUT2D eigenvalue weighted by atomic mass is 35.5. The van der Waals surface area contributed by atoms with Crippen LogP contribution in [0.5, 0.6) is 0 Å². The Hall–Kier alpha value is -0.790. The highest BCUT2D eigenvalue weighted by Gasteiger charge is 2.07. The fraction of sp³-hybridized carbons (Fsp3) is 0.250. The molecule has 0 saturated heterocycles. The molecule has 0 spiro atoms. The highest BCUT2D eigenvalue weighted by molar-refractivity contribution is 6.39. The molecule has 0 fully saturated rings. The molecule has 0 unspecified atom stereocenters. The van der Waals surface area contributed by atoms with E-state index in [0.29, 0.717) is 5.02 Å². The van der Waals surface area contributed by atoms with Crippen molar-refractivity contribution in [2.45, 2.75) is 20.3 Å². The lowest BCUT2D eigenvalue weighted by Crippen LogP contribution is -1.90. The first-order valence-corrected chi connectivity index (χ1v) is 5.62. The molecule has 1 heterocycles. The number of benzene rings is 1. The zero-order valence-electron chi connectivity index (χ0n) is 8.64. The number of aryl methyl sites for hydroxylation is 2. The number of halogens is 2. The van der Waals surface area contributed by atoms with Gasteiger partial charge < -0.3 is 0 Å². The molecule has 15 heavy (non-hydrogen) atoms. The van der Waals surface area contributed by atoms with Gasteiger partial charge in [-0.3, -0.25) is 4.98 Å². The normalized spacial score (nSPS) is 10.9. The van der Waals surface area contributed by atoms with Gasteiger partial charge in [-0.05, 0) is 37.1 Å². The first-order chi connectivity index (χ1) is 7.11. The number of nitrogens with zero attached hydrogens (tertiary/aromatic N) is 1. The van der Waals surface area contributed by atoms with Crippen LogP contribution in [0.2, 0.25) is 10.0 Å². The quantitative estimate of drug-likeness (QED) is 0.719. The van der Waals surface area contributed by atoms with E-state index in [1.165, 1.54) is 0 Å². The van der Waals surface area contributed by atoms with E-state index in [0.717, 1.165) is 33.6 Å². The molecule has 0 atom stereocenters. The minimum Gasteiger partial charge on any atom is -0.251 e. The molecule has 3 heteroatoms. The fourth-order valence-corrected chi connectivity index (χ4v) is 2.20. The number of fused-ring (bicyclic) bond motifs is 1. The topological polar surface area (TPSA) is 12.9 Å². The third-order valence-corrected chi connectivity index (χ3v) is 2.98. The van der Waals surface area contributed by atoms with Gasteiger partial charge in [0.15, 0.2) is 0 Å². The molecule has 0 amide bonds. The van der Waals surface area contributed by atoms with E-state index in [-0.39, 0.29) is 0 Å². The van der Waals surface area contributed by atoms with Crippen molar-refractivity contribution < 1.29 is 0 Å². The Morgan fingerprint density at radius 3 is 2.53 bits per heavy atom. The maximum absolute atomic E-state index is 6.19. The standard InChI is InChI=1S/C12H11Cl2N/c1-3-8-6-10(13)9-4-7(2)5-11(14)12(9)15-8/h4-6H,3H2,1-2H3. The van der Waals surface area contributed by atoms with Crippen molar-refractivity contribution in [1.29, 1.82) is 0 Å². The molecule has 0 saturated carbocycles. The molecule has 1 aromatic heterocycles. The number of pyridine rings is 1. The maximum Gasteiger partial charge on any atom is 0.0906 e. The van der Waals surface area contributed by atoms with Gasteiger partial charge in [-0.15, -0.1) is 0 Å². The molecular weight excluding hydrogens is 229 g/mol. The lowest BCUT2D eigenvalue weighted by Gasteiger charge is -2.06. The average Bonchev–Trinajstić information content (AvgIpc) is 2.19. The molecule has 0 aliphatic rings. The van der Waals surface area contributed by atoms with Crippen molar-refractivity contribution in [2.24, 2.45) is 0 Å². The van der Waals surface area contributed by atoms with E-state index in [2.05, 4.69) is 4.98 Å². The van der Waals surface area contributed by atoms with Gasteiger partial charge in [0.25, 0.3) is 0 Å². The fourth-order valence-electron chi connectivity index (χ4n) is 1.61. The van der Waals surface area contributed by atoms with E-state index in [9.17, 15) is 0 Å². The minimum atomic E-state index is 0.669. The van der Waals surface area contributed by atoms with Crippen LogP contribution in [-0.2, 0) is 6.42 Å². The first kappa shape index (κ1) is 10.7. The second-order valence-corrected chi connectivity index (χ2v) is 4.41. The summed E-state index contributed by atoms with van der Waals surface area (Å²) >= 11 is 12.3. The molecule has 0 aliphatic heterocycles. The van der Waals surface area contributed by atoms with Crippen molar-refractivity contribution in [3.8, 4) is 0 Å². The van der Waals surface area contributed by atoms with Crippen molar-refractivity contribution in [3.05, 3.63) is 39.5 Å². The zero-order chi connectivity index (χ0) is 11.0. The number of rotatable bonds is 1. The Balaban J connectivity index is 2.85. The van der Waals surface area contributed by atoms with Gasteiger partial charge in [0.05, 0.1) is 15.6 Å². The molecule has 0 radical (unpaired) electrons. The van der Waals surface area contributed by atoms with Gasteiger partial charge in [-0.2, -0.15) is 0 Å². The first-order valence-electron chi connectivity index (χ1n) is 4.87. The van der Waals surface area contributed by atoms with E-state index in [4.69, 9.17) is 23.2 Å². The second kappa shape index (κ2) is 3.99. The zero-order valence-corrected chi connectivity index (χ0v) is 10.2. The monoisotopic (exact) mass is 239 g/mol. The van der Waals surface area contributed by atoms with Crippen LogP contribution in [0.3, 0.4) is 0 Å². The third kappa shape index (κ3) is 1.95. The SMILES string of the molecule is CCc1cc(Cl)c2cc(C)cc(Cl)c2n1. The van der Waals surface area contributed by atoms with Gasteiger partial charge >= 0.3 is 0 Å². The number of hydrogen-bond donors (Lipinski definition) is 0. The average molecular weight is 240 g/mol. The Bertz CT molecular complexity index is 521. The predicted molar refractivity (Wildman–Crippen MR) is 65.9 cm³/mol. The van der Waals surface area contributed by atoms with Crippen LogP contribution in [0.4, 0.5) is 0 Å². The summed E-state index contributed by atoms with van der Waals surface area (Å²) < 4.78 is 0. The van der Waals surface area contributed by atoms with Crippen LogP contribution in [-0.4, -0.2) is 4.98 Å². The maximum atomic E-state index is 6.19. The van der Waals surface area contributed by atoms with Gasteiger partial charge in [0.2, 0.25) is 0 Å². The predicted octanol–water partition coefficient (Wildman–Crippen LogP) is 4.41. The lowest BCUT2D eigenvalue weighted by molar-refractivity contribution is 1.06. The number of aromatic nitrogens is 1. The van der Waals surface area contributed by atoms with Crippen molar-refractivity contribution in [2.75, 3.05) is 0 Å². The molecule has 1 nitrogen and oxygen atoms in total. The largest absolute Gasteiger partial charge is 0.251 e. The van der Waals surface area contributed by atoms with Crippen LogP contribution in [0.25, 0.3) is 10.9 Å². The molecular formula is C12H11Cl2N. The molecule has 2 rings (SSSR count). The third-order valence-electron chi connectivity index (χ3n) is 2.38.